The Morgan fingerprint density at radius 1 is 1.29 bits per heavy atom. The molecular formula is C12H15BrF3NO2S2. The van der Waals surface area contributed by atoms with Gasteiger partial charge in [0, 0.05) is 10.9 Å². The maximum Gasteiger partial charge on any atom is 0.391 e. The van der Waals surface area contributed by atoms with Crippen molar-refractivity contribution in [3.05, 3.63) is 14.7 Å². The van der Waals surface area contributed by atoms with Gasteiger partial charge in [-0.05, 0) is 54.6 Å². The number of halogens is 4. The lowest BCUT2D eigenvalue weighted by atomic mass is 9.86. The van der Waals surface area contributed by atoms with Gasteiger partial charge < -0.3 is 0 Å². The molecule has 0 bridgehead atoms. The van der Waals surface area contributed by atoms with Crippen molar-refractivity contribution in [3.8, 4) is 0 Å². The summed E-state index contributed by atoms with van der Waals surface area (Å²) in [4.78, 5) is 0.843. The van der Waals surface area contributed by atoms with E-state index in [2.05, 4.69) is 20.7 Å². The molecule has 2 rings (SSSR count). The third kappa shape index (κ3) is 4.20. The molecule has 0 unspecified atom stereocenters. The second-order valence-corrected chi connectivity index (χ2v) is 9.50. The number of thiophene rings is 1. The zero-order valence-electron chi connectivity index (χ0n) is 11.2. The van der Waals surface area contributed by atoms with E-state index in [-0.39, 0.29) is 30.6 Å². The van der Waals surface area contributed by atoms with Crippen LogP contribution in [-0.4, -0.2) is 20.6 Å². The summed E-state index contributed by atoms with van der Waals surface area (Å²) < 4.78 is 65.5. The number of aryl methyl sites for hydroxylation is 1. The summed E-state index contributed by atoms with van der Waals surface area (Å²) in [5, 5.41) is 0. The maximum atomic E-state index is 12.6. The van der Waals surface area contributed by atoms with E-state index in [1.807, 2.05) is 0 Å². The second kappa shape index (κ2) is 6.17. The van der Waals surface area contributed by atoms with E-state index < -0.39 is 28.2 Å². The Labute approximate surface area is 134 Å². The Morgan fingerprint density at radius 2 is 1.86 bits per heavy atom. The first-order valence-corrected chi connectivity index (χ1v) is 9.54. The van der Waals surface area contributed by atoms with Crippen LogP contribution in [0.5, 0.6) is 0 Å². The van der Waals surface area contributed by atoms with Crippen molar-refractivity contribution in [2.24, 2.45) is 5.92 Å². The van der Waals surface area contributed by atoms with Crippen molar-refractivity contribution in [1.82, 2.24) is 4.72 Å². The van der Waals surface area contributed by atoms with Crippen molar-refractivity contribution in [2.75, 3.05) is 0 Å². The van der Waals surface area contributed by atoms with E-state index in [1.54, 1.807) is 6.92 Å². The first-order valence-electron chi connectivity index (χ1n) is 6.44. The van der Waals surface area contributed by atoms with Gasteiger partial charge in [-0.15, -0.1) is 11.3 Å². The molecule has 21 heavy (non-hydrogen) atoms. The summed E-state index contributed by atoms with van der Waals surface area (Å²) in [6.07, 6.45) is -3.80. The fourth-order valence-electron chi connectivity index (χ4n) is 2.52. The van der Waals surface area contributed by atoms with Crippen molar-refractivity contribution in [3.63, 3.8) is 0 Å². The molecule has 1 aromatic rings. The van der Waals surface area contributed by atoms with E-state index in [1.165, 1.54) is 17.4 Å². The molecule has 1 N–H and O–H groups in total. The summed E-state index contributed by atoms with van der Waals surface area (Å²) in [5.41, 5.74) is 0. The lowest BCUT2D eigenvalue weighted by Crippen LogP contribution is -2.40. The van der Waals surface area contributed by atoms with Crippen molar-refractivity contribution in [1.29, 1.82) is 0 Å². The third-order valence-corrected chi connectivity index (χ3v) is 6.97. The molecule has 1 aromatic heterocycles. The SMILES string of the molecule is Cc1sc(Br)cc1S(=O)(=O)NC1CCC(C(F)(F)F)CC1. The minimum Gasteiger partial charge on any atom is -0.208 e. The van der Waals surface area contributed by atoms with Crippen molar-refractivity contribution >= 4 is 37.3 Å². The quantitative estimate of drug-likeness (QED) is 0.817. The molecule has 0 radical (unpaired) electrons. The Kier molecular flexibility index (Phi) is 5.07. The topological polar surface area (TPSA) is 46.2 Å². The molecule has 0 aliphatic heterocycles. The second-order valence-electron chi connectivity index (χ2n) is 5.18. The van der Waals surface area contributed by atoms with E-state index in [0.717, 1.165) is 0 Å². The van der Waals surface area contributed by atoms with Crippen LogP contribution in [0.2, 0.25) is 0 Å². The van der Waals surface area contributed by atoms with Gasteiger partial charge in [-0.3, -0.25) is 0 Å². The molecule has 1 fully saturated rings. The highest BCUT2D eigenvalue weighted by atomic mass is 79.9. The molecule has 120 valence electrons. The average Bonchev–Trinajstić information content (AvgIpc) is 2.68. The van der Waals surface area contributed by atoms with E-state index in [4.69, 9.17) is 0 Å². The molecule has 9 heteroatoms. The number of sulfonamides is 1. The maximum absolute atomic E-state index is 12.6. The Balaban J connectivity index is 2.02. The van der Waals surface area contributed by atoms with E-state index in [9.17, 15) is 21.6 Å². The van der Waals surface area contributed by atoms with Gasteiger partial charge in [0.15, 0.2) is 0 Å². The highest BCUT2D eigenvalue weighted by Gasteiger charge is 2.42. The zero-order valence-corrected chi connectivity index (χ0v) is 14.4. The van der Waals surface area contributed by atoms with Crippen LogP contribution in [0.4, 0.5) is 13.2 Å². The lowest BCUT2D eigenvalue weighted by molar-refractivity contribution is -0.182. The van der Waals surface area contributed by atoms with Crippen LogP contribution in [-0.2, 0) is 10.0 Å². The van der Waals surface area contributed by atoms with Gasteiger partial charge in [0.05, 0.1) is 14.6 Å². The summed E-state index contributed by atoms with van der Waals surface area (Å²) in [5.74, 6) is -1.31. The Hall–Kier alpha value is -0.120. The fourth-order valence-corrected chi connectivity index (χ4v) is 6.24. The molecule has 0 amide bonds. The summed E-state index contributed by atoms with van der Waals surface area (Å²) >= 11 is 4.54. The van der Waals surface area contributed by atoms with Crippen LogP contribution in [0.15, 0.2) is 14.7 Å². The smallest absolute Gasteiger partial charge is 0.208 e. The van der Waals surface area contributed by atoms with E-state index >= 15 is 0 Å². The van der Waals surface area contributed by atoms with Gasteiger partial charge in [-0.25, -0.2) is 13.1 Å². The van der Waals surface area contributed by atoms with Gasteiger partial charge in [-0.2, -0.15) is 13.2 Å². The monoisotopic (exact) mass is 405 g/mol. The van der Waals surface area contributed by atoms with E-state index in [0.29, 0.717) is 8.66 Å². The number of alkyl halides is 3. The fraction of sp³-hybridized carbons (Fsp3) is 0.667. The van der Waals surface area contributed by atoms with Crippen LogP contribution in [0, 0.1) is 12.8 Å². The molecule has 0 saturated heterocycles. The first kappa shape index (κ1) is 17.2. The van der Waals surface area contributed by atoms with Crippen LogP contribution in [0.25, 0.3) is 0 Å². The lowest BCUT2D eigenvalue weighted by Gasteiger charge is -2.30. The third-order valence-electron chi connectivity index (χ3n) is 3.64. The Morgan fingerprint density at radius 3 is 2.29 bits per heavy atom. The van der Waals surface area contributed by atoms with Gasteiger partial charge in [0.2, 0.25) is 10.0 Å². The minimum absolute atomic E-state index is 0.0248. The predicted molar refractivity (Wildman–Crippen MR) is 78.9 cm³/mol. The van der Waals surface area contributed by atoms with Gasteiger partial charge >= 0.3 is 6.18 Å². The average molecular weight is 406 g/mol. The molecule has 1 aliphatic carbocycles. The predicted octanol–water partition coefficient (Wildman–Crippen LogP) is 4.22. The number of rotatable bonds is 3. The molecular weight excluding hydrogens is 391 g/mol. The number of hydrogen-bond donors (Lipinski definition) is 1. The standard InChI is InChI=1S/C12H15BrF3NO2S2/c1-7-10(6-11(13)20-7)21(18,19)17-9-4-2-8(3-5-9)12(14,15)16/h6,8-9,17H,2-5H2,1H3. The molecule has 1 saturated carbocycles. The molecule has 1 aliphatic rings. The molecule has 0 atom stereocenters. The molecule has 1 heterocycles. The van der Waals surface area contributed by atoms with Crippen LogP contribution in [0.1, 0.15) is 30.6 Å². The number of nitrogens with one attached hydrogen (secondary N) is 1. The van der Waals surface area contributed by atoms with Gasteiger partial charge in [0.1, 0.15) is 0 Å². The van der Waals surface area contributed by atoms with Crippen LogP contribution >= 0.6 is 27.3 Å². The van der Waals surface area contributed by atoms with Crippen molar-refractivity contribution < 1.29 is 21.6 Å². The Bertz CT molecular complexity index is 605. The highest BCUT2D eigenvalue weighted by molar-refractivity contribution is 9.11. The molecule has 3 nitrogen and oxygen atoms in total. The summed E-state index contributed by atoms with van der Waals surface area (Å²) in [7, 11) is -3.67. The number of hydrogen-bond acceptors (Lipinski definition) is 3. The van der Waals surface area contributed by atoms with Gasteiger partial charge in [0.25, 0.3) is 0 Å². The van der Waals surface area contributed by atoms with Crippen molar-refractivity contribution in [2.45, 2.75) is 49.7 Å². The highest BCUT2D eigenvalue weighted by Crippen LogP contribution is 2.38. The largest absolute Gasteiger partial charge is 0.391 e. The summed E-state index contributed by atoms with van der Waals surface area (Å²) in [6.45, 7) is 1.70. The zero-order chi connectivity index (χ0) is 15.8. The van der Waals surface area contributed by atoms with Crippen LogP contribution in [0.3, 0.4) is 0 Å². The minimum atomic E-state index is -4.18. The normalized spacial score (nSPS) is 24.2. The first-order chi connectivity index (χ1) is 9.59. The molecule has 0 spiro atoms. The molecule has 0 aromatic carbocycles. The summed E-state index contributed by atoms with van der Waals surface area (Å²) in [6, 6.07) is 1.09. The van der Waals surface area contributed by atoms with Gasteiger partial charge in [-0.1, -0.05) is 0 Å². The van der Waals surface area contributed by atoms with Crippen LogP contribution < -0.4 is 4.72 Å².